The molecule has 1 amide bonds. The van der Waals surface area contributed by atoms with Gasteiger partial charge in [-0.3, -0.25) is 4.79 Å². The molecule has 1 heterocycles. The summed E-state index contributed by atoms with van der Waals surface area (Å²) >= 11 is 9.81. The molecule has 4 nitrogen and oxygen atoms in total. The minimum Gasteiger partial charge on any atom is -0.387 e. The Morgan fingerprint density at radius 3 is 2.54 bits per heavy atom. The summed E-state index contributed by atoms with van der Waals surface area (Å²) < 4.78 is 1.17. The zero-order valence-corrected chi connectivity index (χ0v) is 18.8. The minimum absolute atomic E-state index is 0.240. The van der Waals surface area contributed by atoms with Crippen LogP contribution in [0.4, 0.5) is 0 Å². The average Bonchev–Trinajstić information content (AvgIpc) is 2.71. The van der Waals surface area contributed by atoms with Crippen LogP contribution < -0.4 is 5.32 Å². The summed E-state index contributed by atoms with van der Waals surface area (Å²) in [5, 5.41) is 12.6. The minimum atomic E-state index is -0.399. The van der Waals surface area contributed by atoms with Crippen molar-refractivity contribution in [1.29, 1.82) is 0 Å². The first-order valence-electron chi connectivity index (χ1n) is 10.6. The molecule has 1 saturated carbocycles. The Morgan fingerprint density at radius 1 is 1.14 bits per heavy atom. The van der Waals surface area contributed by atoms with Crippen LogP contribution in [0.1, 0.15) is 50.5 Å². The van der Waals surface area contributed by atoms with Gasteiger partial charge in [0.2, 0.25) is 5.91 Å². The van der Waals surface area contributed by atoms with Crippen molar-refractivity contribution in [2.24, 2.45) is 11.8 Å². The van der Waals surface area contributed by atoms with Crippen molar-refractivity contribution >= 4 is 33.4 Å². The van der Waals surface area contributed by atoms with Crippen molar-refractivity contribution < 1.29 is 9.90 Å². The van der Waals surface area contributed by atoms with E-state index >= 15 is 0 Å². The lowest BCUT2D eigenvalue weighted by atomic mass is 9.83. The number of nitrogens with one attached hydrogen (secondary N) is 1. The summed E-state index contributed by atoms with van der Waals surface area (Å²) in [6.45, 7) is 3.20. The van der Waals surface area contributed by atoms with Gasteiger partial charge in [-0.15, -0.1) is 0 Å². The second-order valence-corrected chi connectivity index (χ2v) is 9.75. The van der Waals surface area contributed by atoms with E-state index < -0.39 is 6.61 Å². The summed E-state index contributed by atoms with van der Waals surface area (Å²) in [6.07, 6.45) is 9.38. The van der Waals surface area contributed by atoms with Gasteiger partial charge < -0.3 is 15.3 Å². The van der Waals surface area contributed by atoms with E-state index in [0.29, 0.717) is 0 Å². The quantitative estimate of drug-likeness (QED) is 0.619. The third-order valence-electron chi connectivity index (χ3n) is 6.43. The van der Waals surface area contributed by atoms with E-state index in [1.54, 1.807) is 0 Å². The predicted molar refractivity (Wildman–Crippen MR) is 118 cm³/mol. The lowest BCUT2D eigenvalue weighted by molar-refractivity contribution is -0.124. The van der Waals surface area contributed by atoms with Crippen LogP contribution in [-0.4, -0.2) is 48.2 Å². The van der Waals surface area contributed by atoms with Crippen LogP contribution in [-0.2, 0) is 11.2 Å². The van der Waals surface area contributed by atoms with E-state index in [0.717, 1.165) is 36.1 Å². The molecule has 0 unspecified atom stereocenters. The second kappa shape index (κ2) is 11.0. The summed E-state index contributed by atoms with van der Waals surface area (Å²) in [5.41, 5.74) is 1.33. The first-order valence-corrected chi connectivity index (χ1v) is 11.8. The molecule has 1 aromatic carbocycles. The van der Waals surface area contributed by atoms with E-state index in [1.807, 2.05) is 6.07 Å². The molecule has 2 N–H and O–H groups in total. The Kier molecular flexibility index (Phi) is 8.64. The average molecular weight is 472 g/mol. The fourth-order valence-corrected chi connectivity index (χ4v) is 5.26. The molecule has 1 aliphatic carbocycles. The highest BCUT2D eigenvalue weighted by Gasteiger charge is 2.24. The number of halogens is 2. The van der Waals surface area contributed by atoms with Gasteiger partial charge in [0.1, 0.15) is 6.61 Å². The number of piperidine rings is 1. The summed E-state index contributed by atoms with van der Waals surface area (Å²) in [4.78, 5) is 13.9. The lowest BCUT2D eigenvalue weighted by Crippen LogP contribution is -2.40. The van der Waals surface area contributed by atoms with Crippen LogP contribution in [0.25, 0.3) is 0 Å². The lowest BCUT2D eigenvalue weighted by Gasteiger charge is -2.34. The fraction of sp³-hybridized carbons (Fsp3) is 0.682. The molecule has 0 radical (unpaired) electrons. The largest absolute Gasteiger partial charge is 0.387 e. The number of benzene rings is 1. The molecule has 3 rings (SSSR count). The highest BCUT2D eigenvalue weighted by Crippen LogP contribution is 2.30. The number of rotatable bonds is 7. The van der Waals surface area contributed by atoms with Crippen molar-refractivity contribution in [3.63, 3.8) is 0 Å². The topological polar surface area (TPSA) is 52.6 Å². The molecule has 2 fully saturated rings. The predicted octanol–water partition coefficient (Wildman–Crippen LogP) is 4.41. The molecule has 0 bridgehead atoms. The van der Waals surface area contributed by atoms with E-state index in [4.69, 9.17) is 16.7 Å². The number of hydrogen-bond donors (Lipinski definition) is 2. The fourth-order valence-electron chi connectivity index (χ4n) is 4.66. The molecule has 1 aromatic rings. The van der Waals surface area contributed by atoms with Gasteiger partial charge in [0.05, 0.1) is 0 Å². The Labute approximate surface area is 182 Å². The van der Waals surface area contributed by atoms with Crippen LogP contribution >= 0.6 is 27.5 Å². The van der Waals surface area contributed by atoms with E-state index in [2.05, 4.69) is 38.3 Å². The van der Waals surface area contributed by atoms with Gasteiger partial charge in [-0.1, -0.05) is 27.5 Å². The third kappa shape index (κ3) is 6.72. The van der Waals surface area contributed by atoms with Gasteiger partial charge in [0, 0.05) is 15.5 Å². The molecule has 1 saturated heterocycles. The van der Waals surface area contributed by atoms with Crippen LogP contribution in [0, 0.1) is 11.8 Å². The Morgan fingerprint density at radius 2 is 1.86 bits per heavy atom. The molecule has 6 heteroatoms. The van der Waals surface area contributed by atoms with Gasteiger partial charge in [-0.05, 0) is 107 Å². The number of amides is 1. The molecule has 0 aromatic heterocycles. The number of aliphatic hydroxyl groups excluding tert-OH is 1. The molecule has 1 aliphatic heterocycles. The monoisotopic (exact) mass is 470 g/mol. The Hall–Kier alpha value is -0.620. The van der Waals surface area contributed by atoms with Gasteiger partial charge in [-0.25, -0.2) is 0 Å². The standard InChI is InChI=1S/C22H32BrClN2O2/c23-21-6-3-19(24)14-18(21)13-17-8-11-26(12-9-17)10-7-16-1-4-20(5-2-16)25-22(28)15-27/h3,6,14,16-17,20,27H,1-2,4-5,7-13,15H2,(H,25,28). The molecule has 0 spiro atoms. The van der Waals surface area contributed by atoms with Crippen LogP contribution in [0.15, 0.2) is 22.7 Å². The summed E-state index contributed by atoms with van der Waals surface area (Å²) in [6, 6.07) is 6.34. The maximum absolute atomic E-state index is 11.3. The molecule has 156 valence electrons. The zero-order valence-electron chi connectivity index (χ0n) is 16.5. The van der Waals surface area contributed by atoms with E-state index in [9.17, 15) is 4.79 Å². The molecular weight excluding hydrogens is 440 g/mol. The molecule has 0 atom stereocenters. The Balaban J connectivity index is 1.33. The first-order chi connectivity index (χ1) is 13.5. The summed E-state index contributed by atoms with van der Waals surface area (Å²) in [5.74, 6) is 1.29. The molecular formula is C22H32BrClN2O2. The van der Waals surface area contributed by atoms with Gasteiger partial charge in [0.15, 0.2) is 0 Å². The van der Waals surface area contributed by atoms with E-state index in [1.165, 1.54) is 61.8 Å². The number of aliphatic hydroxyl groups is 1. The van der Waals surface area contributed by atoms with Crippen molar-refractivity contribution in [3.8, 4) is 0 Å². The van der Waals surface area contributed by atoms with Gasteiger partial charge in [0.25, 0.3) is 0 Å². The maximum Gasteiger partial charge on any atom is 0.245 e. The van der Waals surface area contributed by atoms with Gasteiger partial charge >= 0.3 is 0 Å². The number of carbonyl (C=O) groups is 1. The number of carbonyl (C=O) groups excluding carboxylic acids is 1. The number of nitrogens with zero attached hydrogens (tertiary/aromatic N) is 1. The zero-order chi connectivity index (χ0) is 19.9. The van der Waals surface area contributed by atoms with Crippen LogP contribution in [0.5, 0.6) is 0 Å². The highest BCUT2D eigenvalue weighted by molar-refractivity contribution is 9.10. The molecule has 28 heavy (non-hydrogen) atoms. The van der Waals surface area contributed by atoms with Gasteiger partial charge in [-0.2, -0.15) is 0 Å². The van der Waals surface area contributed by atoms with Crippen molar-refractivity contribution in [2.75, 3.05) is 26.2 Å². The second-order valence-electron chi connectivity index (χ2n) is 8.46. The van der Waals surface area contributed by atoms with E-state index in [-0.39, 0.29) is 11.9 Å². The van der Waals surface area contributed by atoms with Crippen molar-refractivity contribution in [3.05, 3.63) is 33.3 Å². The SMILES string of the molecule is O=C(CO)NC1CCC(CCN2CCC(Cc3cc(Cl)ccc3Br)CC2)CC1. The highest BCUT2D eigenvalue weighted by atomic mass is 79.9. The van der Waals surface area contributed by atoms with Crippen molar-refractivity contribution in [2.45, 2.75) is 57.4 Å². The third-order valence-corrected chi connectivity index (χ3v) is 7.44. The Bertz CT molecular complexity index is 641. The van der Waals surface area contributed by atoms with Crippen LogP contribution in [0.2, 0.25) is 5.02 Å². The normalized spacial score (nSPS) is 24.2. The maximum atomic E-state index is 11.3. The first kappa shape index (κ1) is 22.1. The van der Waals surface area contributed by atoms with Crippen LogP contribution in [0.3, 0.4) is 0 Å². The summed E-state index contributed by atoms with van der Waals surface area (Å²) in [7, 11) is 0. The molecule has 2 aliphatic rings. The number of likely N-dealkylation sites (tertiary alicyclic amines) is 1. The smallest absolute Gasteiger partial charge is 0.245 e. The number of hydrogen-bond acceptors (Lipinski definition) is 3. The van der Waals surface area contributed by atoms with Crippen molar-refractivity contribution in [1.82, 2.24) is 10.2 Å².